The van der Waals surface area contributed by atoms with Crippen molar-refractivity contribution in [1.29, 1.82) is 0 Å². The van der Waals surface area contributed by atoms with Gasteiger partial charge < -0.3 is 14.2 Å². The Morgan fingerprint density at radius 2 is 2.00 bits per heavy atom. The van der Waals surface area contributed by atoms with Crippen LogP contribution in [0.2, 0.25) is 0 Å². The number of hydrazone groups is 1. The van der Waals surface area contributed by atoms with Gasteiger partial charge in [0.05, 0.1) is 7.11 Å². The van der Waals surface area contributed by atoms with Crippen LogP contribution in [0.25, 0.3) is 0 Å². The fraction of sp³-hybridized carbons (Fsp3) is 0.364. The van der Waals surface area contributed by atoms with E-state index in [-0.39, 0.29) is 0 Å². The molecule has 2 aliphatic rings. The van der Waals surface area contributed by atoms with Crippen molar-refractivity contribution >= 4 is 12.3 Å². The van der Waals surface area contributed by atoms with Gasteiger partial charge in [0.1, 0.15) is 13.2 Å². The van der Waals surface area contributed by atoms with Gasteiger partial charge in [-0.1, -0.05) is 18.2 Å². The lowest BCUT2D eigenvalue weighted by Crippen LogP contribution is -2.23. The first kappa shape index (κ1) is 19.3. The van der Waals surface area contributed by atoms with Crippen molar-refractivity contribution in [2.24, 2.45) is 5.10 Å². The van der Waals surface area contributed by atoms with Crippen LogP contribution in [0.15, 0.2) is 47.6 Å². The quantitative estimate of drug-likeness (QED) is 0.352. The predicted molar refractivity (Wildman–Crippen MR) is 109 cm³/mol. The zero-order chi connectivity index (χ0) is 20.1. The van der Waals surface area contributed by atoms with E-state index >= 15 is 0 Å². The number of amides is 1. The molecule has 1 amide bonds. The second-order valence-electron chi connectivity index (χ2n) is 7.10. The third-order valence-corrected chi connectivity index (χ3v) is 5.31. The van der Waals surface area contributed by atoms with Crippen molar-refractivity contribution in [3.8, 4) is 11.5 Å². The first-order chi connectivity index (χ1) is 14.3. The largest absolute Gasteiger partial charge is 0.486 e. The van der Waals surface area contributed by atoms with E-state index in [0.717, 1.165) is 36.6 Å². The second-order valence-corrected chi connectivity index (χ2v) is 7.10. The van der Waals surface area contributed by atoms with Crippen LogP contribution in [-0.4, -0.2) is 44.1 Å². The van der Waals surface area contributed by atoms with E-state index in [1.807, 2.05) is 18.2 Å². The summed E-state index contributed by atoms with van der Waals surface area (Å²) >= 11 is 0. The molecule has 1 N–H and O–H groups in total. The summed E-state index contributed by atoms with van der Waals surface area (Å²) in [5.74, 6) is 2.05. The Morgan fingerprint density at radius 3 is 2.76 bits per heavy atom. The number of carbonyl (C=O) groups is 1. The predicted octanol–water partition coefficient (Wildman–Crippen LogP) is 2.85. The molecule has 2 aliphatic heterocycles. The highest BCUT2D eigenvalue weighted by atomic mass is 16.6. The summed E-state index contributed by atoms with van der Waals surface area (Å²) < 4.78 is 16.6. The molecule has 1 unspecified atom stereocenters. The topological polar surface area (TPSA) is 72.4 Å². The van der Waals surface area contributed by atoms with Crippen molar-refractivity contribution in [3.05, 3.63) is 59.2 Å². The molecule has 0 aromatic heterocycles. The molecule has 1 atom stereocenters. The number of carbonyl (C=O) groups excluding carboxylic acids is 1. The van der Waals surface area contributed by atoms with Crippen molar-refractivity contribution in [3.63, 3.8) is 0 Å². The van der Waals surface area contributed by atoms with Crippen LogP contribution in [0.3, 0.4) is 0 Å². The Labute approximate surface area is 170 Å². The third kappa shape index (κ3) is 4.35. The molecule has 2 aromatic carbocycles. The van der Waals surface area contributed by atoms with Gasteiger partial charge in [0, 0.05) is 18.2 Å². The average Bonchev–Trinajstić information content (AvgIpc) is 3.23. The van der Waals surface area contributed by atoms with Gasteiger partial charge in [0.15, 0.2) is 11.5 Å². The lowest BCUT2D eigenvalue weighted by atomic mass is 10.0. The number of nitrogens with zero attached hydrogens (tertiary/aromatic N) is 2. The molecule has 2 heterocycles. The summed E-state index contributed by atoms with van der Waals surface area (Å²) in [4.78, 5) is 12.9. The van der Waals surface area contributed by atoms with Gasteiger partial charge in [0.2, 0.25) is 12.3 Å². The molecule has 1 fully saturated rings. The van der Waals surface area contributed by atoms with Gasteiger partial charge in [-0.25, -0.2) is 5.43 Å². The van der Waals surface area contributed by atoms with Gasteiger partial charge >= 0.3 is 0 Å². The fourth-order valence-corrected chi connectivity index (χ4v) is 3.96. The molecule has 152 valence electrons. The maximum atomic E-state index is 10.4. The number of nitrogens with one attached hydrogen (secondary N) is 1. The molecule has 4 rings (SSSR count). The molecule has 29 heavy (non-hydrogen) atoms. The molecule has 0 bridgehead atoms. The van der Waals surface area contributed by atoms with E-state index in [1.54, 1.807) is 0 Å². The van der Waals surface area contributed by atoms with Crippen molar-refractivity contribution in [1.82, 2.24) is 10.3 Å². The Morgan fingerprint density at radius 1 is 1.21 bits per heavy atom. The second kappa shape index (κ2) is 8.96. The van der Waals surface area contributed by atoms with Crippen LogP contribution in [0, 0.1) is 0 Å². The molecule has 2 aromatic rings. The Bertz CT molecular complexity index is 882. The zero-order valence-corrected chi connectivity index (χ0v) is 16.5. The number of benzene rings is 2. The number of rotatable bonds is 6. The monoisotopic (exact) mass is 395 g/mol. The summed E-state index contributed by atoms with van der Waals surface area (Å²) in [5, 5.41) is 3.89. The lowest BCUT2D eigenvalue weighted by molar-refractivity contribution is -0.109. The first-order valence-electron chi connectivity index (χ1n) is 9.82. The minimum atomic E-state index is 0.374. The van der Waals surface area contributed by atoms with E-state index in [4.69, 9.17) is 14.2 Å². The van der Waals surface area contributed by atoms with Gasteiger partial charge in [-0.05, 0) is 54.8 Å². The molecule has 0 spiro atoms. The first-order valence-corrected chi connectivity index (χ1v) is 9.82. The number of ether oxygens (including phenoxy) is 3. The normalized spacial score (nSPS) is 19.1. The zero-order valence-electron chi connectivity index (χ0n) is 16.5. The SMILES string of the molecule is CO/C(=N\NC=O)c1ccc(CN2CCCC2c2ccc3c(c2)OCCO3)cc1. The number of fused-ring (bicyclic) bond motifs is 1. The molecule has 0 radical (unpaired) electrons. The molecule has 0 saturated carbocycles. The highest BCUT2D eigenvalue weighted by molar-refractivity contribution is 5.94. The summed E-state index contributed by atoms with van der Waals surface area (Å²) in [6.07, 6.45) is 2.82. The molecule has 7 nitrogen and oxygen atoms in total. The number of likely N-dealkylation sites (tertiary alicyclic amines) is 1. The number of hydrogen-bond acceptors (Lipinski definition) is 6. The third-order valence-electron chi connectivity index (χ3n) is 5.31. The highest BCUT2D eigenvalue weighted by Gasteiger charge is 2.27. The van der Waals surface area contributed by atoms with Crippen LogP contribution in [-0.2, 0) is 16.1 Å². The number of hydrogen-bond donors (Lipinski definition) is 1. The average molecular weight is 395 g/mol. The number of methoxy groups -OCH3 is 1. The maximum absolute atomic E-state index is 10.4. The van der Waals surface area contributed by atoms with Crippen molar-refractivity contribution in [2.75, 3.05) is 26.9 Å². The van der Waals surface area contributed by atoms with Crippen molar-refractivity contribution in [2.45, 2.75) is 25.4 Å². The Balaban J connectivity index is 1.47. The minimum Gasteiger partial charge on any atom is -0.486 e. The Hall–Kier alpha value is -3.06. The van der Waals surface area contributed by atoms with Crippen LogP contribution in [0.4, 0.5) is 0 Å². The van der Waals surface area contributed by atoms with E-state index in [9.17, 15) is 4.79 Å². The van der Waals surface area contributed by atoms with Crippen LogP contribution >= 0.6 is 0 Å². The van der Waals surface area contributed by atoms with E-state index in [2.05, 4.69) is 39.7 Å². The van der Waals surface area contributed by atoms with Gasteiger partial charge in [0.25, 0.3) is 0 Å². The van der Waals surface area contributed by atoms with E-state index in [0.29, 0.717) is 31.6 Å². The van der Waals surface area contributed by atoms with Crippen LogP contribution in [0.1, 0.15) is 35.6 Å². The van der Waals surface area contributed by atoms with E-state index < -0.39 is 0 Å². The molecule has 1 saturated heterocycles. The molecular weight excluding hydrogens is 370 g/mol. The standard InChI is InChI=1S/C22H25N3O4/c1-27-22(24-23-15-26)17-6-4-16(5-7-17)14-25-10-2-3-19(25)18-8-9-20-21(13-18)29-12-11-28-20/h4-9,13,15,19H,2-3,10-12,14H2,1H3,(H,23,26)/b24-22-. The van der Waals surface area contributed by atoms with Gasteiger partial charge in [-0.2, -0.15) is 0 Å². The van der Waals surface area contributed by atoms with E-state index in [1.165, 1.54) is 24.7 Å². The van der Waals surface area contributed by atoms with Crippen LogP contribution in [0.5, 0.6) is 11.5 Å². The fourth-order valence-electron chi connectivity index (χ4n) is 3.96. The minimum absolute atomic E-state index is 0.374. The molecule has 7 heteroatoms. The van der Waals surface area contributed by atoms with Gasteiger partial charge in [-0.15, -0.1) is 5.10 Å². The highest BCUT2D eigenvalue weighted by Crippen LogP contribution is 2.38. The van der Waals surface area contributed by atoms with Crippen molar-refractivity contribution < 1.29 is 19.0 Å². The van der Waals surface area contributed by atoms with Crippen LogP contribution < -0.4 is 14.9 Å². The summed E-state index contributed by atoms with van der Waals surface area (Å²) in [6.45, 7) is 3.14. The van der Waals surface area contributed by atoms with Gasteiger partial charge in [-0.3, -0.25) is 9.69 Å². The lowest BCUT2D eigenvalue weighted by Gasteiger charge is -2.26. The summed E-state index contributed by atoms with van der Waals surface area (Å²) in [6, 6.07) is 14.7. The maximum Gasteiger partial charge on any atom is 0.238 e. The summed E-state index contributed by atoms with van der Waals surface area (Å²) in [5.41, 5.74) is 5.58. The molecular formula is C22H25N3O4. The Kier molecular flexibility index (Phi) is 5.95. The summed E-state index contributed by atoms with van der Waals surface area (Å²) in [7, 11) is 1.53. The smallest absolute Gasteiger partial charge is 0.238 e. The molecule has 0 aliphatic carbocycles.